The molecule has 1 N–H and O–H groups in total. The average molecular weight is 469 g/mol. The Bertz CT molecular complexity index is 1230. The van der Waals surface area contributed by atoms with E-state index < -0.39 is 0 Å². The van der Waals surface area contributed by atoms with Gasteiger partial charge in [-0.05, 0) is 77.3 Å². The Morgan fingerprint density at radius 1 is 1.20 bits per heavy atom. The van der Waals surface area contributed by atoms with Gasteiger partial charge in [0.1, 0.15) is 18.1 Å². The fourth-order valence-corrected chi connectivity index (χ4v) is 3.42. The molecule has 152 valence electrons. The van der Waals surface area contributed by atoms with Crippen molar-refractivity contribution in [2.45, 2.75) is 20.4 Å². The summed E-state index contributed by atoms with van der Waals surface area (Å²) in [5, 5.41) is 6.92. The highest BCUT2D eigenvalue weighted by Gasteiger charge is 2.16. The van der Waals surface area contributed by atoms with E-state index in [1.807, 2.05) is 32.0 Å². The van der Waals surface area contributed by atoms with Crippen molar-refractivity contribution >= 4 is 27.5 Å². The molecule has 0 saturated carbocycles. The summed E-state index contributed by atoms with van der Waals surface area (Å²) >= 11 is 3.15. The number of halogens is 2. The van der Waals surface area contributed by atoms with Crippen molar-refractivity contribution in [3.63, 3.8) is 0 Å². The van der Waals surface area contributed by atoms with Crippen LogP contribution in [0.5, 0.6) is 0 Å². The van der Waals surface area contributed by atoms with Gasteiger partial charge in [0, 0.05) is 17.4 Å². The number of anilines is 1. The van der Waals surface area contributed by atoms with Crippen molar-refractivity contribution in [3.8, 4) is 23.0 Å². The zero-order chi connectivity index (χ0) is 21.3. The van der Waals surface area contributed by atoms with Crippen molar-refractivity contribution in [1.82, 2.24) is 14.7 Å². The van der Waals surface area contributed by atoms with Crippen molar-refractivity contribution in [3.05, 3.63) is 76.1 Å². The maximum absolute atomic E-state index is 13.5. The molecular formula is C22H18BrFN4O2. The molecule has 2 heterocycles. The van der Waals surface area contributed by atoms with Crippen molar-refractivity contribution in [2.24, 2.45) is 0 Å². The molecular weight excluding hydrogens is 451 g/mol. The van der Waals surface area contributed by atoms with Crippen molar-refractivity contribution < 1.29 is 13.7 Å². The van der Waals surface area contributed by atoms with E-state index in [2.05, 4.69) is 31.4 Å². The van der Waals surface area contributed by atoms with E-state index in [9.17, 15) is 9.18 Å². The van der Waals surface area contributed by atoms with Gasteiger partial charge in [0.2, 0.25) is 11.7 Å². The maximum atomic E-state index is 13.5. The Morgan fingerprint density at radius 3 is 2.83 bits per heavy atom. The summed E-state index contributed by atoms with van der Waals surface area (Å²) in [7, 11) is 0. The Morgan fingerprint density at radius 2 is 2.03 bits per heavy atom. The van der Waals surface area contributed by atoms with Gasteiger partial charge in [-0.3, -0.25) is 4.79 Å². The fourth-order valence-electron chi connectivity index (χ4n) is 3.04. The molecule has 0 aliphatic carbocycles. The van der Waals surface area contributed by atoms with Gasteiger partial charge < -0.3 is 14.4 Å². The van der Waals surface area contributed by atoms with Crippen molar-refractivity contribution in [1.29, 1.82) is 0 Å². The minimum absolute atomic E-state index is 0.0928. The highest BCUT2D eigenvalue weighted by atomic mass is 79.9. The molecule has 0 bridgehead atoms. The van der Waals surface area contributed by atoms with Gasteiger partial charge in [-0.15, -0.1) is 0 Å². The van der Waals surface area contributed by atoms with E-state index in [1.54, 1.807) is 35.0 Å². The number of hydrogen-bond acceptors (Lipinski definition) is 4. The fraction of sp³-hybridized carbons (Fsp3) is 0.136. The molecule has 0 unspecified atom stereocenters. The second-order valence-electron chi connectivity index (χ2n) is 6.94. The number of aryl methyl sites for hydroxylation is 2. The molecule has 1 amide bonds. The molecule has 4 rings (SSSR count). The van der Waals surface area contributed by atoms with Gasteiger partial charge in [-0.2, -0.15) is 4.98 Å². The number of benzene rings is 2. The van der Waals surface area contributed by atoms with E-state index in [4.69, 9.17) is 4.52 Å². The molecule has 2 aromatic heterocycles. The molecule has 30 heavy (non-hydrogen) atoms. The van der Waals surface area contributed by atoms with Crippen LogP contribution in [0.3, 0.4) is 0 Å². The van der Waals surface area contributed by atoms with E-state index in [0.29, 0.717) is 21.6 Å². The first-order valence-corrected chi connectivity index (χ1v) is 10.0. The quantitative estimate of drug-likeness (QED) is 0.427. The third-order valence-electron chi connectivity index (χ3n) is 4.63. The Labute approximate surface area is 180 Å². The second kappa shape index (κ2) is 8.23. The molecule has 2 aromatic carbocycles. The van der Waals surface area contributed by atoms with Gasteiger partial charge >= 0.3 is 0 Å². The molecule has 0 fully saturated rings. The summed E-state index contributed by atoms with van der Waals surface area (Å²) in [4.78, 5) is 17.0. The number of aromatic nitrogens is 3. The highest BCUT2D eigenvalue weighted by Crippen LogP contribution is 2.26. The minimum Gasteiger partial charge on any atom is -0.334 e. The maximum Gasteiger partial charge on any atom is 0.274 e. The molecule has 8 heteroatoms. The molecule has 4 aromatic rings. The van der Waals surface area contributed by atoms with Crippen LogP contribution in [0.25, 0.3) is 23.0 Å². The standard InChI is InChI=1S/C22H18BrFN4O2/c1-13-5-6-14(2)18(10-13)25-20(29)12-28-9-3-4-19(28)22-26-21(27-30-22)15-7-8-17(24)16(23)11-15/h3-11H,12H2,1-2H3,(H,25,29). The van der Waals surface area contributed by atoms with Gasteiger partial charge in [0.15, 0.2) is 0 Å². The van der Waals surface area contributed by atoms with Crippen LogP contribution in [-0.4, -0.2) is 20.6 Å². The molecule has 6 nitrogen and oxygen atoms in total. The van der Waals surface area contributed by atoms with E-state index in [0.717, 1.165) is 16.8 Å². The first kappa shape index (κ1) is 20.0. The molecule has 0 radical (unpaired) electrons. The Balaban J connectivity index is 1.53. The summed E-state index contributed by atoms with van der Waals surface area (Å²) in [6, 6.07) is 14.0. The van der Waals surface area contributed by atoms with Crippen molar-refractivity contribution in [2.75, 3.05) is 5.32 Å². The molecule has 0 spiro atoms. The number of rotatable bonds is 5. The van der Waals surface area contributed by atoms with Crippen LogP contribution in [0, 0.1) is 19.7 Å². The summed E-state index contributed by atoms with van der Waals surface area (Å²) in [6.07, 6.45) is 1.77. The molecule has 0 atom stereocenters. The van der Waals surface area contributed by atoms with Crippen LogP contribution in [0.15, 0.2) is 63.7 Å². The third-order valence-corrected chi connectivity index (χ3v) is 5.24. The van der Waals surface area contributed by atoms with E-state index >= 15 is 0 Å². The van der Waals surface area contributed by atoms with E-state index in [-0.39, 0.29) is 24.2 Å². The lowest BCUT2D eigenvalue weighted by Crippen LogP contribution is -2.19. The smallest absolute Gasteiger partial charge is 0.274 e. The molecule has 0 aliphatic heterocycles. The summed E-state index contributed by atoms with van der Waals surface area (Å²) in [5.41, 5.74) is 4.09. The molecule has 0 aliphatic rings. The monoisotopic (exact) mass is 468 g/mol. The van der Waals surface area contributed by atoms with Gasteiger partial charge in [0.25, 0.3) is 5.89 Å². The van der Waals surface area contributed by atoms with Crippen LogP contribution >= 0.6 is 15.9 Å². The van der Waals surface area contributed by atoms with Crippen LogP contribution in [0.2, 0.25) is 0 Å². The third kappa shape index (κ3) is 4.18. The normalized spacial score (nSPS) is 10.9. The number of carbonyl (C=O) groups excluding carboxylic acids is 1. The first-order chi connectivity index (χ1) is 14.4. The number of nitrogens with zero attached hydrogens (tertiary/aromatic N) is 3. The predicted octanol–water partition coefficient (Wildman–Crippen LogP) is 5.36. The lowest BCUT2D eigenvalue weighted by molar-refractivity contribution is -0.116. The summed E-state index contributed by atoms with van der Waals surface area (Å²) in [6.45, 7) is 4.02. The second-order valence-corrected chi connectivity index (χ2v) is 7.79. The number of amides is 1. The van der Waals surface area contributed by atoms with Crippen LogP contribution < -0.4 is 5.32 Å². The lowest BCUT2D eigenvalue weighted by atomic mass is 10.1. The Kier molecular flexibility index (Phi) is 5.50. The largest absolute Gasteiger partial charge is 0.334 e. The van der Waals surface area contributed by atoms with Gasteiger partial charge in [0.05, 0.1) is 4.47 Å². The van der Waals surface area contributed by atoms with E-state index in [1.165, 1.54) is 6.07 Å². The van der Waals surface area contributed by atoms with Crippen LogP contribution in [0.4, 0.5) is 10.1 Å². The first-order valence-electron chi connectivity index (χ1n) is 9.22. The number of hydrogen-bond donors (Lipinski definition) is 1. The minimum atomic E-state index is -0.369. The lowest BCUT2D eigenvalue weighted by Gasteiger charge is -2.11. The highest BCUT2D eigenvalue weighted by molar-refractivity contribution is 9.10. The number of carbonyl (C=O) groups is 1. The Hall–Kier alpha value is -3.26. The SMILES string of the molecule is Cc1ccc(C)c(NC(=O)Cn2cccc2-c2nc(-c3ccc(F)c(Br)c3)no2)c1. The topological polar surface area (TPSA) is 73.0 Å². The zero-order valence-corrected chi connectivity index (χ0v) is 17.9. The van der Waals surface area contributed by atoms with Crippen LogP contribution in [-0.2, 0) is 11.3 Å². The molecule has 0 saturated heterocycles. The average Bonchev–Trinajstić information content (AvgIpc) is 3.36. The summed E-state index contributed by atoms with van der Waals surface area (Å²) < 4.78 is 20.9. The zero-order valence-electron chi connectivity index (χ0n) is 16.3. The van der Waals surface area contributed by atoms with Gasteiger partial charge in [-0.25, -0.2) is 4.39 Å². The summed E-state index contributed by atoms with van der Waals surface area (Å²) in [5.74, 6) is 0.0721. The van der Waals surface area contributed by atoms with Crippen LogP contribution in [0.1, 0.15) is 11.1 Å². The number of nitrogens with one attached hydrogen (secondary N) is 1. The predicted molar refractivity (Wildman–Crippen MR) is 115 cm³/mol. The van der Waals surface area contributed by atoms with Gasteiger partial charge in [-0.1, -0.05) is 17.3 Å².